The number of aliphatic hydroxyl groups is 1. The van der Waals surface area contributed by atoms with Gasteiger partial charge in [-0.25, -0.2) is 4.98 Å². The lowest BCUT2D eigenvalue weighted by Gasteiger charge is -2.16. The zero-order valence-electron chi connectivity index (χ0n) is 9.54. The van der Waals surface area contributed by atoms with Crippen molar-refractivity contribution in [2.45, 2.75) is 19.1 Å². The first-order chi connectivity index (χ1) is 8.13. The molecule has 1 N–H and O–H groups in total. The molecule has 0 fully saturated rings. The zero-order chi connectivity index (χ0) is 12.3. The van der Waals surface area contributed by atoms with E-state index in [0.717, 1.165) is 5.56 Å². The van der Waals surface area contributed by atoms with Gasteiger partial charge in [0.25, 0.3) is 0 Å². The van der Waals surface area contributed by atoms with Crippen LogP contribution in [0.25, 0.3) is 0 Å². The molecule has 0 amide bonds. The van der Waals surface area contributed by atoms with Crippen LogP contribution in [0.4, 0.5) is 0 Å². The molecular formula is C13H13N3O. The third kappa shape index (κ3) is 2.35. The van der Waals surface area contributed by atoms with Crippen LogP contribution in [0.2, 0.25) is 0 Å². The summed E-state index contributed by atoms with van der Waals surface area (Å²) in [5, 5.41) is 18.8. The highest BCUT2D eigenvalue weighted by Gasteiger charge is 2.27. The van der Waals surface area contributed by atoms with Crippen molar-refractivity contribution in [3.63, 3.8) is 0 Å². The number of aromatic nitrogens is 2. The summed E-state index contributed by atoms with van der Waals surface area (Å²) >= 11 is 0. The Morgan fingerprint density at radius 1 is 1.41 bits per heavy atom. The summed E-state index contributed by atoms with van der Waals surface area (Å²) in [7, 11) is 0. The van der Waals surface area contributed by atoms with E-state index in [1.165, 1.54) is 6.92 Å². The number of hydrogen-bond donors (Lipinski definition) is 1. The number of imidazole rings is 1. The van der Waals surface area contributed by atoms with Gasteiger partial charge in [0.1, 0.15) is 6.07 Å². The molecule has 0 spiro atoms. The minimum atomic E-state index is -1.56. The normalized spacial score (nSPS) is 13.9. The molecule has 0 aliphatic heterocycles. The maximum absolute atomic E-state index is 9.90. The molecule has 0 radical (unpaired) electrons. The van der Waals surface area contributed by atoms with Gasteiger partial charge in [0.15, 0.2) is 5.82 Å². The molecule has 4 heteroatoms. The first kappa shape index (κ1) is 11.4. The van der Waals surface area contributed by atoms with Gasteiger partial charge in [-0.15, -0.1) is 0 Å². The van der Waals surface area contributed by atoms with Gasteiger partial charge in [-0.05, 0) is 12.5 Å². The molecule has 0 bridgehead atoms. The van der Waals surface area contributed by atoms with Gasteiger partial charge in [-0.2, -0.15) is 5.26 Å². The number of rotatable bonds is 3. The van der Waals surface area contributed by atoms with Crippen LogP contribution < -0.4 is 0 Å². The number of nitrogens with zero attached hydrogens (tertiary/aromatic N) is 3. The summed E-state index contributed by atoms with van der Waals surface area (Å²) in [6.45, 7) is 2.03. The van der Waals surface area contributed by atoms with Crippen molar-refractivity contribution in [1.29, 1.82) is 5.26 Å². The smallest absolute Gasteiger partial charge is 0.206 e. The Kier molecular flexibility index (Phi) is 2.94. The molecule has 1 unspecified atom stereocenters. The maximum atomic E-state index is 9.90. The quantitative estimate of drug-likeness (QED) is 0.811. The van der Waals surface area contributed by atoms with Gasteiger partial charge in [-0.3, -0.25) is 0 Å². The van der Waals surface area contributed by atoms with E-state index in [2.05, 4.69) is 4.98 Å². The second kappa shape index (κ2) is 4.40. The largest absolute Gasteiger partial charge is 0.369 e. The third-order valence-electron chi connectivity index (χ3n) is 2.56. The van der Waals surface area contributed by atoms with Crippen LogP contribution in [0.1, 0.15) is 18.3 Å². The van der Waals surface area contributed by atoms with Crippen molar-refractivity contribution in [3.8, 4) is 6.07 Å². The van der Waals surface area contributed by atoms with Crippen molar-refractivity contribution in [2.24, 2.45) is 0 Å². The Balaban J connectivity index is 2.30. The highest BCUT2D eigenvalue weighted by molar-refractivity contribution is 5.19. The van der Waals surface area contributed by atoms with Crippen LogP contribution in [-0.4, -0.2) is 14.7 Å². The van der Waals surface area contributed by atoms with Gasteiger partial charge < -0.3 is 9.67 Å². The molecule has 0 saturated carbocycles. The summed E-state index contributed by atoms with van der Waals surface area (Å²) in [6.07, 6.45) is 3.35. The average molecular weight is 227 g/mol. The fourth-order valence-corrected chi connectivity index (χ4v) is 1.69. The second-order valence-electron chi connectivity index (χ2n) is 4.05. The van der Waals surface area contributed by atoms with Gasteiger partial charge in [0, 0.05) is 18.9 Å². The van der Waals surface area contributed by atoms with E-state index < -0.39 is 5.60 Å². The minimum Gasteiger partial charge on any atom is -0.369 e. The van der Waals surface area contributed by atoms with E-state index >= 15 is 0 Å². The molecule has 0 aliphatic rings. The molecule has 1 heterocycles. The standard InChI is InChI=1S/C13H13N3O/c1-13(17,10-14)12-15-7-8-16(12)9-11-5-3-2-4-6-11/h2-8,17H,9H2,1H3. The van der Waals surface area contributed by atoms with Crippen LogP contribution in [0.5, 0.6) is 0 Å². The van der Waals surface area contributed by atoms with Crippen LogP contribution in [-0.2, 0) is 12.1 Å². The predicted octanol–water partition coefficient (Wildman–Crippen LogP) is 1.66. The Hall–Kier alpha value is -2.12. The number of hydrogen-bond acceptors (Lipinski definition) is 3. The first-order valence-corrected chi connectivity index (χ1v) is 5.32. The molecule has 86 valence electrons. The SMILES string of the molecule is CC(O)(C#N)c1nccn1Cc1ccccc1. The molecule has 0 aliphatic carbocycles. The Bertz CT molecular complexity index is 537. The summed E-state index contributed by atoms with van der Waals surface area (Å²) in [5.74, 6) is 0.365. The van der Waals surface area contributed by atoms with Crippen LogP contribution >= 0.6 is 0 Å². The van der Waals surface area contributed by atoms with Crippen molar-refractivity contribution < 1.29 is 5.11 Å². The molecule has 1 aromatic heterocycles. The number of benzene rings is 1. The molecule has 1 atom stereocenters. The lowest BCUT2D eigenvalue weighted by molar-refractivity contribution is 0.105. The van der Waals surface area contributed by atoms with E-state index in [0.29, 0.717) is 12.4 Å². The maximum Gasteiger partial charge on any atom is 0.206 e. The van der Waals surface area contributed by atoms with E-state index in [9.17, 15) is 5.11 Å². The molecular weight excluding hydrogens is 214 g/mol. The monoisotopic (exact) mass is 227 g/mol. The molecule has 0 saturated heterocycles. The predicted molar refractivity (Wildman–Crippen MR) is 63.0 cm³/mol. The van der Waals surface area contributed by atoms with Crippen LogP contribution in [0, 0.1) is 11.3 Å². The molecule has 4 nitrogen and oxygen atoms in total. The second-order valence-corrected chi connectivity index (χ2v) is 4.05. The van der Waals surface area contributed by atoms with Crippen molar-refractivity contribution in [2.75, 3.05) is 0 Å². The fourth-order valence-electron chi connectivity index (χ4n) is 1.69. The summed E-state index contributed by atoms with van der Waals surface area (Å²) < 4.78 is 1.78. The Morgan fingerprint density at radius 3 is 2.76 bits per heavy atom. The Labute approximate surface area is 99.8 Å². The van der Waals surface area contributed by atoms with Gasteiger partial charge in [0.05, 0.1) is 0 Å². The van der Waals surface area contributed by atoms with Gasteiger partial charge >= 0.3 is 0 Å². The molecule has 2 rings (SSSR count). The van der Waals surface area contributed by atoms with Gasteiger partial charge in [0.2, 0.25) is 5.60 Å². The lowest BCUT2D eigenvalue weighted by Crippen LogP contribution is -2.24. The first-order valence-electron chi connectivity index (χ1n) is 5.32. The van der Waals surface area contributed by atoms with Crippen LogP contribution in [0.3, 0.4) is 0 Å². The fraction of sp³-hybridized carbons (Fsp3) is 0.231. The van der Waals surface area contributed by atoms with Crippen molar-refractivity contribution >= 4 is 0 Å². The van der Waals surface area contributed by atoms with E-state index in [-0.39, 0.29) is 0 Å². The highest BCUT2D eigenvalue weighted by atomic mass is 16.3. The average Bonchev–Trinajstić information content (AvgIpc) is 2.79. The lowest BCUT2D eigenvalue weighted by atomic mass is 10.1. The molecule has 17 heavy (non-hydrogen) atoms. The van der Waals surface area contributed by atoms with E-state index in [1.807, 2.05) is 36.4 Å². The minimum absolute atomic E-state index is 0.365. The van der Waals surface area contributed by atoms with Crippen molar-refractivity contribution in [1.82, 2.24) is 9.55 Å². The summed E-state index contributed by atoms with van der Waals surface area (Å²) in [4.78, 5) is 4.05. The topological polar surface area (TPSA) is 61.8 Å². The van der Waals surface area contributed by atoms with Crippen LogP contribution in [0.15, 0.2) is 42.7 Å². The third-order valence-corrected chi connectivity index (χ3v) is 2.56. The summed E-state index contributed by atoms with van der Waals surface area (Å²) in [6, 6.07) is 11.7. The zero-order valence-corrected chi connectivity index (χ0v) is 9.54. The van der Waals surface area contributed by atoms with E-state index in [4.69, 9.17) is 5.26 Å². The Morgan fingerprint density at radius 2 is 2.12 bits per heavy atom. The van der Waals surface area contributed by atoms with Crippen molar-refractivity contribution in [3.05, 3.63) is 54.1 Å². The molecule has 1 aromatic carbocycles. The highest BCUT2D eigenvalue weighted by Crippen LogP contribution is 2.18. The van der Waals surface area contributed by atoms with Gasteiger partial charge in [-0.1, -0.05) is 30.3 Å². The number of nitriles is 1. The summed E-state index contributed by atoms with van der Waals surface area (Å²) in [5.41, 5.74) is -0.460. The van der Waals surface area contributed by atoms with E-state index in [1.54, 1.807) is 17.0 Å². The molecule has 2 aromatic rings.